The van der Waals surface area contributed by atoms with Crippen LogP contribution in [0.1, 0.15) is 0 Å². The average Bonchev–Trinajstić information content (AvgIpc) is 2.30. The number of para-hydroxylation sites is 1. The lowest BCUT2D eigenvalue weighted by Gasteiger charge is -2.29. The largest absolute Gasteiger partial charge is 0.481 e. The van der Waals surface area contributed by atoms with E-state index in [1.165, 1.54) is 0 Å². The van der Waals surface area contributed by atoms with Gasteiger partial charge in [-0.25, -0.2) is 0 Å². The second-order valence-electron chi connectivity index (χ2n) is 3.75. The average molecular weight is 235 g/mol. The van der Waals surface area contributed by atoms with Gasteiger partial charge in [0, 0.05) is 12.2 Å². The third-order valence-electron chi connectivity index (χ3n) is 2.51. The summed E-state index contributed by atoms with van der Waals surface area (Å²) in [6.07, 6.45) is -0.444. The number of carboxylic acids is 1. The first-order chi connectivity index (χ1) is 8.16. The van der Waals surface area contributed by atoms with Gasteiger partial charge in [0.05, 0.1) is 0 Å². The Hall–Kier alpha value is -2.08. The number of benzene rings is 1. The number of nitrogens with one attached hydrogen (secondary N) is 3. The van der Waals surface area contributed by atoms with Crippen LogP contribution in [0.15, 0.2) is 30.3 Å². The maximum absolute atomic E-state index is 11.5. The highest BCUT2D eigenvalue weighted by atomic mass is 16.4. The van der Waals surface area contributed by atoms with Crippen LogP contribution in [0, 0.1) is 5.92 Å². The minimum atomic E-state index is -1.12. The van der Waals surface area contributed by atoms with E-state index in [4.69, 9.17) is 5.11 Å². The second kappa shape index (κ2) is 4.84. The molecule has 1 aromatic rings. The maximum atomic E-state index is 11.5. The molecule has 1 amide bonds. The van der Waals surface area contributed by atoms with Gasteiger partial charge in [-0.3, -0.25) is 14.9 Å². The minimum absolute atomic E-state index is 0.117. The van der Waals surface area contributed by atoms with Crippen molar-refractivity contribution in [3.8, 4) is 0 Å². The number of anilines is 1. The lowest BCUT2D eigenvalue weighted by molar-refractivity contribution is -0.148. The molecule has 4 N–H and O–H groups in total. The van der Waals surface area contributed by atoms with Gasteiger partial charge in [0.2, 0.25) is 5.91 Å². The number of aliphatic carboxylic acids is 1. The molecule has 6 heteroatoms. The number of carboxylic acid groups (broad SMARTS) is 1. The normalized spacial score (nSPS) is 23.9. The Morgan fingerprint density at radius 1 is 1.35 bits per heavy atom. The molecule has 6 nitrogen and oxygen atoms in total. The van der Waals surface area contributed by atoms with E-state index in [0.29, 0.717) is 0 Å². The Morgan fingerprint density at radius 2 is 2.06 bits per heavy atom. The molecule has 0 aliphatic carbocycles. The van der Waals surface area contributed by atoms with Crippen molar-refractivity contribution in [3.05, 3.63) is 30.3 Å². The van der Waals surface area contributed by atoms with Crippen molar-refractivity contribution >= 4 is 17.6 Å². The Bertz CT molecular complexity index is 421. The smallest absolute Gasteiger partial charge is 0.317 e. The summed E-state index contributed by atoms with van der Waals surface area (Å²) in [5.74, 6) is -2.62. The third kappa shape index (κ3) is 2.73. The molecule has 2 unspecified atom stereocenters. The van der Waals surface area contributed by atoms with Gasteiger partial charge in [-0.15, -0.1) is 0 Å². The predicted octanol–water partition coefficient (Wildman–Crippen LogP) is -0.198. The molecule has 0 aromatic heterocycles. The van der Waals surface area contributed by atoms with Gasteiger partial charge in [0.25, 0.3) is 0 Å². The van der Waals surface area contributed by atoms with Crippen LogP contribution < -0.4 is 16.0 Å². The summed E-state index contributed by atoms with van der Waals surface area (Å²) in [6, 6.07) is 9.34. The van der Waals surface area contributed by atoms with Crippen molar-refractivity contribution in [2.24, 2.45) is 5.92 Å². The summed E-state index contributed by atoms with van der Waals surface area (Å²) >= 11 is 0. The van der Waals surface area contributed by atoms with Crippen LogP contribution in [0.5, 0.6) is 0 Å². The van der Waals surface area contributed by atoms with Gasteiger partial charge in [-0.2, -0.15) is 0 Å². The number of carbonyl (C=O) groups excluding carboxylic acids is 1. The Labute approximate surface area is 98.0 Å². The van der Waals surface area contributed by atoms with Crippen molar-refractivity contribution in [1.82, 2.24) is 10.6 Å². The lowest BCUT2D eigenvalue weighted by atomic mass is 10.1. The highest BCUT2D eigenvalue weighted by Gasteiger charge is 2.32. The Balaban J connectivity index is 1.94. The van der Waals surface area contributed by atoms with Crippen LogP contribution >= 0.6 is 0 Å². The van der Waals surface area contributed by atoms with E-state index in [1.54, 1.807) is 0 Å². The topological polar surface area (TPSA) is 90.5 Å². The van der Waals surface area contributed by atoms with Crippen LogP contribution in [0.25, 0.3) is 0 Å². The summed E-state index contributed by atoms with van der Waals surface area (Å²) in [7, 11) is 0. The fourth-order valence-electron chi connectivity index (χ4n) is 1.61. The number of hydrogen-bond acceptors (Lipinski definition) is 4. The van der Waals surface area contributed by atoms with Crippen molar-refractivity contribution in [2.75, 3.05) is 11.9 Å². The molecule has 1 heterocycles. The summed E-state index contributed by atoms with van der Waals surface area (Å²) < 4.78 is 0. The Kier molecular flexibility index (Phi) is 3.24. The fraction of sp³-hybridized carbons (Fsp3) is 0.273. The quantitative estimate of drug-likeness (QED) is 0.545. The minimum Gasteiger partial charge on any atom is -0.481 e. The van der Waals surface area contributed by atoms with Gasteiger partial charge in [-0.05, 0) is 12.1 Å². The summed E-state index contributed by atoms with van der Waals surface area (Å²) in [5, 5.41) is 17.3. The molecule has 1 aliphatic heterocycles. The van der Waals surface area contributed by atoms with E-state index in [-0.39, 0.29) is 6.54 Å². The van der Waals surface area contributed by atoms with Crippen LogP contribution in [-0.2, 0) is 9.59 Å². The molecule has 17 heavy (non-hydrogen) atoms. The number of hydrogen-bond donors (Lipinski definition) is 4. The van der Waals surface area contributed by atoms with Gasteiger partial charge in [0.1, 0.15) is 5.92 Å². The monoisotopic (exact) mass is 235 g/mol. The van der Waals surface area contributed by atoms with Gasteiger partial charge >= 0.3 is 5.97 Å². The van der Waals surface area contributed by atoms with E-state index in [1.807, 2.05) is 30.3 Å². The number of rotatable bonds is 3. The summed E-state index contributed by atoms with van der Waals surface area (Å²) in [5.41, 5.74) is 0.846. The molecule has 1 aromatic carbocycles. The molecular formula is C11H13N3O3. The van der Waals surface area contributed by atoms with E-state index >= 15 is 0 Å². The molecule has 1 aliphatic rings. The third-order valence-corrected chi connectivity index (χ3v) is 2.51. The van der Waals surface area contributed by atoms with E-state index in [9.17, 15) is 9.59 Å². The number of carbonyl (C=O) groups is 2. The zero-order chi connectivity index (χ0) is 12.3. The van der Waals surface area contributed by atoms with E-state index in [2.05, 4.69) is 16.0 Å². The van der Waals surface area contributed by atoms with Crippen molar-refractivity contribution < 1.29 is 14.7 Å². The first-order valence-electron chi connectivity index (χ1n) is 5.25. The van der Waals surface area contributed by atoms with E-state index in [0.717, 1.165) is 5.69 Å². The maximum Gasteiger partial charge on any atom is 0.317 e. The van der Waals surface area contributed by atoms with Crippen molar-refractivity contribution in [3.63, 3.8) is 0 Å². The molecule has 90 valence electrons. The zero-order valence-corrected chi connectivity index (χ0v) is 9.01. The number of amides is 1. The summed E-state index contributed by atoms with van der Waals surface area (Å²) in [6.45, 7) is 0.117. The van der Waals surface area contributed by atoms with Crippen molar-refractivity contribution in [1.29, 1.82) is 0 Å². The second-order valence-corrected chi connectivity index (χ2v) is 3.75. The van der Waals surface area contributed by atoms with E-state index < -0.39 is 24.1 Å². The van der Waals surface area contributed by atoms with Crippen LogP contribution in [0.3, 0.4) is 0 Å². The molecule has 2 atom stereocenters. The van der Waals surface area contributed by atoms with Crippen LogP contribution in [-0.4, -0.2) is 29.8 Å². The summed E-state index contributed by atoms with van der Waals surface area (Å²) in [4.78, 5) is 22.2. The molecule has 1 fully saturated rings. The zero-order valence-electron chi connectivity index (χ0n) is 9.01. The molecule has 0 bridgehead atoms. The van der Waals surface area contributed by atoms with Gasteiger partial charge in [0.15, 0.2) is 6.29 Å². The SMILES string of the molecule is O=C(O)C1CNC(Nc2ccccc2)NC1=O. The molecule has 1 saturated heterocycles. The Morgan fingerprint density at radius 3 is 2.65 bits per heavy atom. The standard InChI is InChI=1S/C11H13N3O3/c15-9-8(10(16)17)6-12-11(14-9)13-7-4-2-1-3-5-7/h1-5,8,11-13H,6H2,(H,14,15)(H,16,17). The van der Waals surface area contributed by atoms with Crippen LogP contribution in [0.4, 0.5) is 5.69 Å². The molecule has 0 spiro atoms. The van der Waals surface area contributed by atoms with Gasteiger partial charge < -0.3 is 15.7 Å². The van der Waals surface area contributed by atoms with Gasteiger partial charge in [-0.1, -0.05) is 18.2 Å². The molecular weight excluding hydrogens is 222 g/mol. The highest BCUT2D eigenvalue weighted by Crippen LogP contribution is 2.08. The van der Waals surface area contributed by atoms with Crippen LogP contribution in [0.2, 0.25) is 0 Å². The molecule has 0 saturated carbocycles. The van der Waals surface area contributed by atoms with Crippen molar-refractivity contribution in [2.45, 2.75) is 6.29 Å². The first-order valence-corrected chi connectivity index (χ1v) is 5.25. The lowest BCUT2D eigenvalue weighted by Crippen LogP contribution is -2.61. The first kappa shape index (κ1) is 11.4. The highest BCUT2D eigenvalue weighted by molar-refractivity contribution is 5.98. The molecule has 0 radical (unpaired) electrons. The fourth-order valence-corrected chi connectivity index (χ4v) is 1.61. The molecule has 2 rings (SSSR count). The predicted molar refractivity (Wildman–Crippen MR) is 61.1 cm³/mol.